The fourth-order valence-electron chi connectivity index (χ4n) is 2.03. The lowest BCUT2D eigenvalue weighted by Gasteiger charge is -2.25. The number of carbonyl (C=O) groups excluding carboxylic acids is 2. The Morgan fingerprint density at radius 3 is 2.19 bits per heavy atom. The number of carbonyl (C=O) groups is 2. The van der Waals surface area contributed by atoms with Crippen LogP contribution in [0.2, 0.25) is 10.0 Å². The van der Waals surface area contributed by atoms with Crippen molar-refractivity contribution in [1.29, 1.82) is 0 Å². The lowest BCUT2D eigenvalue weighted by atomic mass is 10.1. The Labute approximate surface area is 161 Å². The topological polar surface area (TPSA) is 76.7 Å². The van der Waals surface area contributed by atoms with Crippen LogP contribution in [-0.2, 0) is 4.79 Å². The van der Waals surface area contributed by atoms with Gasteiger partial charge in [0.25, 0.3) is 11.8 Å². The van der Waals surface area contributed by atoms with Gasteiger partial charge in [0.15, 0.2) is 5.60 Å². The van der Waals surface area contributed by atoms with E-state index in [-0.39, 0.29) is 5.56 Å². The van der Waals surface area contributed by atoms with E-state index in [2.05, 4.69) is 10.9 Å². The van der Waals surface area contributed by atoms with E-state index < -0.39 is 17.4 Å². The minimum atomic E-state index is -1.24. The molecule has 0 aliphatic rings. The molecule has 0 fully saturated rings. The number of halogens is 2. The van der Waals surface area contributed by atoms with Crippen molar-refractivity contribution < 1.29 is 19.1 Å². The van der Waals surface area contributed by atoms with Gasteiger partial charge in [-0.2, -0.15) is 0 Å². The van der Waals surface area contributed by atoms with Gasteiger partial charge in [-0.05, 0) is 56.3 Å². The number of benzene rings is 2. The fourth-order valence-corrected chi connectivity index (χ4v) is 2.33. The molecule has 0 saturated carbocycles. The monoisotopic (exact) mass is 396 g/mol. The summed E-state index contributed by atoms with van der Waals surface area (Å²) in [5.41, 5.74) is 3.61. The third-order valence-electron chi connectivity index (χ3n) is 3.43. The van der Waals surface area contributed by atoms with Crippen LogP contribution in [0.5, 0.6) is 11.5 Å². The summed E-state index contributed by atoms with van der Waals surface area (Å²) >= 11 is 11.7. The number of hydrogen-bond donors (Lipinski definition) is 2. The normalized spacial score (nSPS) is 10.8. The number of amides is 2. The van der Waals surface area contributed by atoms with Crippen LogP contribution in [0.1, 0.15) is 24.2 Å². The molecule has 0 aromatic heterocycles. The quantitative estimate of drug-likeness (QED) is 0.756. The summed E-state index contributed by atoms with van der Waals surface area (Å²) in [4.78, 5) is 24.6. The number of hydrazine groups is 1. The maximum absolute atomic E-state index is 12.4. The van der Waals surface area contributed by atoms with Crippen LogP contribution in [0, 0.1) is 0 Å². The molecule has 2 N–H and O–H groups in total. The minimum absolute atomic E-state index is 0.191. The van der Waals surface area contributed by atoms with Crippen LogP contribution < -0.4 is 20.3 Å². The highest BCUT2D eigenvalue weighted by Gasteiger charge is 2.30. The Morgan fingerprint density at radius 2 is 1.58 bits per heavy atom. The molecule has 2 aromatic rings. The second-order valence-corrected chi connectivity index (χ2v) is 6.69. The van der Waals surface area contributed by atoms with Crippen molar-refractivity contribution in [2.24, 2.45) is 0 Å². The summed E-state index contributed by atoms with van der Waals surface area (Å²) in [6, 6.07) is 11.2. The first kappa shape index (κ1) is 19.9. The number of nitrogens with one attached hydrogen (secondary N) is 2. The first-order valence-corrected chi connectivity index (χ1v) is 8.37. The van der Waals surface area contributed by atoms with Gasteiger partial charge in [-0.25, -0.2) is 0 Å². The maximum atomic E-state index is 12.4. The fraction of sp³-hybridized carbons (Fsp3) is 0.222. The third-order valence-corrected chi connectivity index (χ3v) is 3.92. The molecule has 0 saturated heterocycles. The van der Waals surface area contributed by atoms with E-state index >= 15 is 0 Å². The first-order chi connectivity index (χ1) is 12.2. The van der Waals surface area contributed by atoms with Crippen molar-refractivity contribution in [3.63, 3.8) is 0 Å². The van der Waals surface area contributed by atoms with Gasteiger partial charge in [-0.15, -0.1) is 0 Å². The zero-order chi connectivity index (χ0) is 19.3. The zero-order valence-electron chi connectivity index (χ0n) is 14.4. The largest absolute Gasteiger partial charge is 0.496 e. The smallest absolute Gasteiger partial charge is 0.281 e. The average molecular weight is 397 g/mol. The highest BCUT2D eigenvalue weighted by Crippen LogP contribution is 2.23. The van der Waals surface area contributed by atoms with Crippen LogP contribution in [0.25, 0.3) is 0 Å². The van der Waals surface area contributed by atoms with E-state index in [1.807, 2.05) is 0 Å². The summed E-state index contributed by atoms with van der Waals surface area (Å²) in [6.45, 7) is 3.14. The van der Waals surface area contributed by atoms with E-state index in [1.165, 1.54) is 13.2 Å². The van der Waals surface area contributed by atoms with Gasteiger partial charge in [0.05, 0.1) is 12.7 Å². The molecule has 0 aliphatic carbocycles. The maximum Gasteiger partial charge on any atom is 0.281 e. The summed E-state index contributed by atoms with van der Waals surface area (Å²) in [5.74, 6) is -0.308. The Bertz CT molecular complexity index is 807. The molecule has 0 atom stereocenters. The molecule has 8 heteroatoms. The number of ether oxygens (including phenoxy) is 2. The Balaban J connectivity index is 2.01. The molecule has 2 aromatic carbocycles. The molecule has 138 valence electrons. The molecule has 2 amide bonds. The summed E-state index contributed by atoms with van der Waals surface area (Å²) in [7, 11) is 1.43. The molecular formula is C18H18Cl2N2O4. The van der Waals surface area contributed by atoms with Crippen LogP contribution >= 0.6 is 23.2 Å². The summed E-state index contributed by atoms with van der Waals surface area (Å²) in [6.07, 6.45) is 0. The second kappa shape index (κ2) is 8.29. The highest BCUT2D eigenvalue weighted by molar-refractivity contribution is 6.31. The van der Waals surface area contributed by atoms with Crippen LogP contribution in [0.15, 0.2) is 42.5 Å². The van der Waals surface area contributed by atoms with Gasteiger partial charge in [0.2, 0.25) is 0 Å². The molecule has 0 aliphatic heterocycles. The molecular weight excluding hydrogens is 379 g/mol. The molecule has 2 rings (SSSR count). The number of hydrogen-bond acceptors (Lipinski definition) is 4. The molecule has 26 heavy (non-hydrogen) atoms. The minimum Gasteiger partial charge on any atom is -0.496 e. The van der Waals surface area contributed by atoms with Crippen molar-refractivity contribution in [1.82, 2.24) is 10.9 Å². The molecule has 0 spiro atoms. The van der Waals surface area contributed by atoms with Gasteiger partial charge in [0.1, 0.15) is 11.5 Å². The number of methoxy groups -OCH3 is 1. The zero-order valence-corrected chi connectivity index (χ0v) is 15.9. The van der Waals surface area contributed by atoms with Crippen molar-refractivity contribution in [2.45, 2.75) is 19.4 Å². The molecule has 0 radical (unpaired) electrons. The van der Waals surface area contributed by atoms with E-state index in [0.29, 0.717) is 21.5 Å². The molecule has 0 heterocycles. The Kier molecular flexibility index (Phi) is 6.34. The van der Waals surface area contributed by atoms with Crippen molar-refractivity contribution >= 4 is 35.0 Å². The predicted molar refractivity (Wildman–Crippen MR) is 99.8 cm³/mol. The van der Waals surface area contributed by atoms with Crippen LogP contribution in [0.3, 0.4) is 0 Å². The average Bonchev–Trinajstić information content (AvgIpc) is 2.61. The molecule has 6 nitrogen and oxygen atoms in total. The van der Waals surface area contributed by atoms with E-state index in [1.54, 1.807) is 50.2 Å². The standard InChI is InChI=1S/C18H18Cl2N2O4/c1-18(2,26-13-7-4-11(19)5-8-13)17(24)22-21-16(23)14-10-12(20)6-9-15(14)25-3/h4-10H,1-3H3,(H,21,23)(H,22,24). The lowest BCUT2D eigenvalue weighted by molar-refractivity contribution is -0.135. The van der Waals surface area contributed by atoms with Gasteiger partial charge in [0, 0.05) is 10.0 Å². The highest BCUT2D eigenvalue weighted by atomic mass is 35.5. The van der Waals surface area contributed by atoms with Crippen LogP contribution in [0.4, 0.5) is 0 Å². The first-order valence-electron chi connectivity index (χ1n) is 7.62. The van der Waals surface area contributed by atoms with E-state index in [9.17, 15) is 9.59 Å². The lowest BCUT2D eigenvalue weighted by Crippen LogP contribution is -2.53. The number of rotatable bonds is 5. The van der Waals surface area contributed by atoms with Crippen molar-refractivity contribution in [3.8, 4) is 11.5 Å². The van der Waals surface area contributed by atoms with Gasteiger partial charge < -0.3 is 9.47 Å². The van der Waals surface area contributed by atoms with Crippen molar-refractivity contribution in [2.75, 3.05) is 7.11 Å². The predicted octanol–water partition coefficient (Wildman–Crippen LogP) is 3.62. The van der Waals surface area contributed by atoms with E-state index in [4.69, 9.17) is 32.7 Å². The summed E-state index contributed by atoms with van der Waals surface area (Å²) in [5, 5.41) is 0.927. The molecule has 0 unspecified atom stereocenters. The van der Waals surface area contributed by atoms with Crippen molar-refractivity contribution in [3.05, 3.63) is 58.1 Å². The Morgan fingerprint density at radius 1 is 0.962 bits per heavy atom. The van der Waals surface area contributed by atoms with Gasteiger partial charge >= 0.3 is 0 Å². The second-order valence-electron chi connectivity index (χ2n) is 5.82. The Hall–Kier alpha value is -2.44. The molecule has 0 bridgehead atoms. The van der Waals surface area contributed by atoms with Crippen LogP contribution in [-0.4, -0.2) is 24.5 Å². The van der Waals surface area contributed by atoms with Gasteiger partial charge in [-0.1, -0.05) is 23.2 Å². The summed E-state index contributed by atoms with van der Waals surface area (Å²) < 4.78 is 10.8. The van der Waals surface area contributed by atoms with E-state index in [0.717, 1.165) is 0 Å². The third kappa shape index (κ3) is 5.03. The van der Waals surface area contributed by atoms with Gasteiger partial charge in [-0.3, -0.25) is 20.4 Å². The SMILES string of the molecule is COc1ccc(Cl)cc1C(=O)NNC(=O)C(C)(C)Oc1ccc(Cl)cc1.